The van der Waals surface area contributed by atoms with Crippen LogP contribution in [0.3, 0.4) is 0 Å². The first-order chi connectivity index (χ1) is 11.6. The summed E-state index contributed by atoms with van der Waals surface area (Å²) in [5.74, 6) is 1.77. The Hall–Kier alpha value is -1.91. The summed E-state index contributed by atoms with van der Waals surface area (Å²) in [7, 11) is 0. The van der Waals surface area contributed by atoms with E-state index in [4.69, 9.17) is 4.98 Å². The van der Waals surface area contributed by atoms with Crippen molar-refractivity contribution in [2.45, 2.75) is 64.8 Å². The van der Waals surface area contributed by atoms with E-state index in [9.17, 15) is 4.79 Å². The second-order valence-electron chi connectivity index (χ2n) is 7.15. The van der Waals surface area contributed by atoms with E-state index in [0.29, 0.717) is 24.9 Å². The van der Waals surface area contributed by atoms with Gasteiger partial charge in [0, 0.05) is 31.6 Å². The SMILES string of the molecule is CC(C)n1c(CCNC(=O)CC2CCCCC2)nc2cccnc21. The Labute approximate surface area is 143 Å². The van der Waals surface area contributed by atoms with E-state index in [1.54, 1.807) is 6.20 Å². The maximum Gasteiger partial charge on any atom is 0.220 e. The Morgan fingerprint density at radius 1 is 1.33 bits per heavy atom. The highest BCUT2D eigenvalue weighted by Crippen LogP contribution is 2.26. The number of carbonyl (C=O) groups is 1. The second-order valence-corrected chi connectivity index (χ2v) is 7.15. The Balaban J connectivity index is 1.57. The van der Waals surface area contributed by atoms with E-state index in [-0.39, 0.29) is 5.91 Å². The maximum absolute atomic E-state index is 12.1. The number of amides is 1. The Kier molecular flexibility index (Phi) is 5.48. The molecule has 1 saturated carbocycles. The van der Waals surface area contributed by atoms with Crippen LogP contribution in [-0.4, -0.2) is 27.0 Å². The number of imidazole rings is 1. The maximum atomic E-state index is 12.1. The first kappa shape index (κ1) is 16.9. The number of pyridine rings is 1. The van der Waals surface area contributed by atoms with E-state index in [0.717, 1.165) is 23.4 Å². The molecule has 1 aliphatic carbocycles. The van der Waals surface area contributed by atoms with Gasteiger partial charge in [-0.3, -0.25) is 4.79 Å². The number of rotatable bonds is 6. The molecule has 0 unspecified atom stereocenters. The van der Waals surface area contributed by atoms with E-state index >= 15 is 0 Å². The quantitative estimate of drug-likeness (QED) is 0.880. The van der Waals surface area contributed by atoms with Crippen molar-refractivity contribution < 1.29 is 4.79 Å². The van der Waals surface area contributed by atoms with Gasteiger partial charge in [0.25, 0.3) is 0 Å². The molecule has 1 aliphatic rings. The minimum absolute atomic E-state index is 0.187. The van der Waals surface area contributed by atoms with Crippen molar-refractivity contribution in [3.8, 4) is 0 Å². The van der Waals surface area contributed by atoms with Gasteiger partial charge in [0.15, 0.2) is 5.65 Å². The van der Waals surface area contributed by atoms with Gasteiger partial charge in [-0.15, -0.1) is 0 Å². The largest absolute Gasteiger partial charge is 0.356 e. The molecule has 0 spiro atoms. The van der Waals surface area contributed by atoms with E-state index in [2.05, 4.69) is 28.7 Å². The van der Waals surface area contributed by atoms with Gasteiger partial charge in [-0.05, 0) is 44.7 Å². The van der Waals surface area contributed by atoms with Crippen molar-refractivity contribution in [2.75, 3.05) is 6.54 Å². The van der Waals surface area contributed by atoms with E-state index < -0.39 is 0 Å². The lowest BCUT2D eigenvalue weighted by Gasteiger charge is -2.20. The van der Waals surface area contributed by atoms with E-state index in [1.807, 2.05) is 12.1 Å². The van der Waals surface area contributed by atoms with Crippen molar-refractivity contribution in [3.05, 3.63) is 24.2 Å². The number of hydrogen-bond acceptors (Lipinski definition) is 3. The molecule has 2 heterocycles. The topological polar surface area (TPSA) is 59.8 Å². The van der Waals surface area contributed by atoms with Crippen LogP contribution in [0, 0.1) is 5.92 Å². The molecule has 1 N–H and O–H groups in total. The summed E-state index contributed by atoms with van der Waals surface area (Å²) in [5.41, 5.74) is 1.85. The van der Waals surface area contributed by atoms with Gasteiger partial charge in [0.2, 0.25) is 5.91 Å². The molecule has 2 aromatic heterocycles. The summed E-state index contributed by atoms with van der Waals surface area (Å²) >= 11 is 0. The van der Waals surface area contributed by atoms with Crippen LogP contribution >= 0.6 is 0 Å². The molecule has 5 heteroatoms. The van der Waals surface area contributed by atoms with Crippen LogP contribution in [-0.2, 0) is 11.2 Å². The molecule has 0 radical (unpaired) electrons. The summed E-state index contributed by atoms with van der Waals surface area (Å²) in [6, 6.07) is 4.21. The molecule has 0 atom stereocenters. The van der Waals surface area contributed by atoms with Crippen LogP contribution in [0.2, 0.25) is 0 Å². The van der Waals surface area contributed by atoms with Gasteiger partial charge in [0.1, 0.15) is 11.3 Å². The zero-order valence-electron chi connectivity index (χ0n) is 14.8. The molecule has 0 aromatic carbocycles. The highest BCUT2D eigenvalue weighted by molar-refractivity contribution is 5.76. The third kappa shape index (κ3) is 3.94. The molecule has 24 heavy (non-hydrogen) atoms. The lowest BCUT2D eigenvalue weighted by atomic mass is 9.87. The predicted octanol–water partition coefficient (Wildman–Crippen LogP) is 3.64. The van der Waals surface area contributed by atoms with Crippen LogP contribution in [0.1, 0.15) is 64.2 Å². The fourth-order valence-corrected chi connectivity index (χ4v) is 3.73. The van der Waals surface area contributed by atoms with Crippen LogP contribution in [0.15, 0.2) is 18.3 Å². The summed E-state index contributed by atoms with van der Waals surface area (Å²) in [6.07, 6.45) is 9.54. The summed E-state index contributed by atoms with van der Waals surface area (Å²) in [5, 5.41) is 3.08. The number of nitrogens with zero attached hydrogens (tertiary/aromatic N) is 3. The predicted molar refractivity (Wildman–Crippen MR) is 95.8 cm³/mol. The fourth-order valence-electron chi connectivity index (χ4n) is 3.73. The highest BCUT2D eigenvalue weighted by Gasteiger charge is 2.17. The lowest BCUT2D eigenvalue weighted by Crippen LogP contribution is -2.28. The van der Waals surface area contributed by atoms with Crippen LogP contribution in [0.4, 0.5) is 0 Å². The van der Waals surface area contributed by atoms with Gasteiger partial charge < -0.3 is 9.88 Å². The van der Waals surface area contributed by atoms with Crippen LogP contribution in [0.5, 0.6) is 0 Å². The van der Waals surface area contributed by atoms with Gasteiger partial charge >= 0.3 is 0 Å². The normalized spacial score (nSPS) is 16.0. The number of nitrogens with one attached hydrogen (secondary N) is 1. The van der Waals surface area contributed by atoms with Gasteiger partial charge in [-0.25, -0.2) is 9.97 Å². The highest BCUT2D eigenvalue weighted by atomic mass is 16.1. The second kappa shape index (κ2) is 7.77. The molecule has 0 saturated heterocycles. The number of hydrogen-bond donors (Lipinski definition) is 1. The monoisotopic (exact) mass is 328 g/mol. The fraction of sp³-hybridized carbons (Fsp3) is 0.632. The zero-order valence-corrected chi connectivity index (χ0v) is 14.8. The molecule has 1 fully saturated rings. The third-order valence-corrected chi connectivity index (χ3v) is 4.91. The molecule has 0 aliphatic heterocycles. The third-order valence-electron chi connectivity index (χ3n) is 4.91. The molecular weight excluding hydrogens is 300 g/mol. The van der Waals surface area contributed by atoms with Gasteiger partial charge in [0.05, 0.1) is 0 Å². The Morgan fingerprint density at radius 3 is 2.88 bits per heavy atom. The number of aromatic nitrogens is 3. The summed E-state index contributed by atoms with van der Waals surface area (Å²) in [4.78, 5) is 21.3. The molecule has 1 amide bonds. The minimum Gasteiger partial charge on any atom is -0.356 e. The van der Waals surface area contributed by atoms with Crippen molar-refractivity contribution in [3.63, 3.8) is 0 Å². The molecule has 5 nitrogen and oxygen atoms in total. The van der Waals surface area contributed by atoms with Crippen molar-refractivity contribution >= 4 is 17.1 Å². The van der Waals surface area contributed by atoms with Crippen LogP contribution < -0.4 is 5.32 Å². The molecule has 2 aromatic rings. The minimum atomic E-state index is 0.187. The Bertz CT molecular complexity index is 686. The van der Waals surface area contributed by atoms with Crippen molar-refractivity contribution in [1.29, 1.82) is 0 Å². The smallest absolute Gasteiger partial charge is 0.220 e. The van der Waals surface area contributed by atoms with E-state index in [1.165, 1.54) is 32.1 Å². The van der Waals surface area contributed by atoms with Crippen molar-refractivity contribution in [1.82, 2.24) is 19.9 Å². The number of fused-ring (bicyclic) bond motifs is 1. The number of carbonyl (C=O) groups excluding carboxylic acids is 1. The van der Waals surface area contributed by atoms with Crippen LogP contribution in [0.25, 0.3) is 11.2 Å². The molecular formula is C19H28N4O. The van der Waals surface area contributed by atoms with Crippen molar-refractivity contribution in [2.24, 2.45) is 5.92 Å². The molecule has 130 valence electrons. The molecule has 3 rings (SSSR count). The Morgan fingerprint density at radius 2 is 2.12 bits per heavy atom. The average molecular weight is 328 g/mol. The standard InChI is InChI=1S/C19H28N4O/c1-14(2)23-17(22-16-9-6-11-21-19(16)23)10-12-20-18(24)13-15-7-4-3-5-8-15/h6,9,11,14-15H,3-5,7-8,10,12-13H2,1-2H3,(H,20,24). The summed E-state index contributed by atoms with van der Waals surface area (Å²) < 4.78 is 2.17. The first-order valence-corrected chi connectivity index (χ1v) is 9.23. The lowest BCUT2D eigenvalue weighted by molar-refractivity contribution is -0.122. The molecule has 0 bridgehead atoms. The van der Waals surface area contributed by atoms with Gasteiger partial charge in [-0.2, -0.15) is 0 Å². The first-order valence-electron chi connectivity index (χ1n) is 9.23. The zero-order chi connectivity index (χ0) is 16.9. The average Bonchev–Trinajstić information content (AvgIpc) is 2.94. The summed E-state index contributed by atoms with van der Waals surface area (Å²) in [6.45, 7) is 4.92. The van der Waals surface area contributed by atoms with Gasteiger partial charge in [-0.1, -0.05) is 19.3 Å².